The van der Waals surface area contributed by atoms with E-state index in [1.807, 2.05) is 20.8 Å². The standard InChI is InChI=1S/C13H16BrN.C5H10O2/c1-15-8-6-12(7-9-15)10-11-2-4-13(14)5-3-11;1-5(2,3)7-4-6/h2-5,10H,6-9H2,1H3;4H,1-3H3. The molecule has 0 N–H and O–H groups in total. The van der Waals surface area contributed by atoms with Gasteiger partial charge in [-0.25, -0.2) is 0 Å². The second-order valence-corrected chi connectivity index (χ2v) is 7.40. The molecule has 0 atom stereocenters. The Hall–Kier alpha value is -1.13. The molecule has 1 aromatic carbocycles. The van der Waals surface area contributed by atoms with E-state index < -0.39 is 0 Å². The fraction of sp³-hybridized carbons (Fsp3) is 0.500. The Kier molecular flexibility index (Phi) is 7.83. The summed E-state index contributed by atoms with van der Waals surface area (Å²) < 4.78 is 5.69. The lowest BCUT2D eigenvalue weighted by molar-refractivity contribution is -0.138. The average molecular weight is 368 g/mol. The van der Waals surface area contributed by atoms with Gasteiger partial charge in [0.2, 0.25) is 0 Å². The number of rotatable bonds is 2. The van der Waals surface area contributed by atoms with E-state index in [9.17, 15) is 4.79 Å². The molecule has 2 rings (SSSR count). The number of nitrogens with zero attached hydrogens (tertiary/aromatic N) is 1. The third kappa shape index (κ3) is 8.35. The molecule has 122 valence electrons. The SMILES string of the molecule is CC(C)(C)OC=O.CN1CCC(=Cc2ccc(Br)cc2)CC1. The highest BCUT2D eigenvalue weighted by molar-refractivity contribution is 9.10. The largest absolute Gasteiger partial charge is 0.462 e. The Morgan fingerprint density at radius 3 is 2.09 bits per heavy atom. The maximum Gasteiger partial charge on any atom is 0.293 e. The Labute approximate surface area is 142 Å². The van der Waals surface area contributed by atoms with Crippen LogP contribution in [0.3, 0.4) is 0 Å². The minimum Gasteiger partial charge on any atom is -0.462 e. The fourth-order valence-electron chi connectivity index (χ4n) is 1.99. The zero-order chi connectivity index (χ0) is 16.6. The van der Waals surface area contributed by atoms with E-state index in [1.54, 1.807) is 5.57 Å². The van der Waals surface area contributed by atoms with Crippen LogP contribution < -0.4 is 0 Å². The third-order valence-corrected chi connectivity index (χ3v) is 3.80. The van der Waals surface area contributed by atoms with Crippen LogP contribution in [0.25, 0.3) is 6.08 Å². The maximum atomic E-state index is 9.60. The number of likely N-dealkylation sites (tertiary alicyclic amines) is 1. The summed E-state index contributed by atoms with van der Waals surface area (Å²) in [6, 6.07) is 8.52. The second kappa shape index (κ2) is 9.11. The van der Waals surface area contributed by atoms with Crippen LogP contribution in [0.2, 0.25) is 0 Å². The summed E-state index contributed by atoms with van der Waals surface area (Å²) in [5.41, 5.74) is 2.58. The number of hydrogen-bond acceptors (Lipinski definition) is 3. The van der Waals surface area contributed by atoms with Crippen molar-refractivity contribution in [3.05, 3.63) is 39.9 Å². The lowest BCUT2D eigenvalue weighted by Gasteiger charge is -2.24. The van der Waals surface area contributed by atoms with E-state index in [0.717, 1.165) is 4.47 Å². The Morgan fingerprint density at radius 2 is 1.68 bits per heavy atom. The van der Waals surface area contributed by atoms with Crippen molar-refractivity contribution in [1.29, 1.82) is 0 Å². The monoisotopic (exact) mass is 367 g/mol. The van der Waals surface area contributed by atoms with E-state index in [1.165, 1.54) is 31.5 Å². The summed E-state index contributed by atoms with van der Waals surface area (Å²) in [6.07, 6.45) is 4.76. The highest BCUT2D eigenvalue weighted by atomic mass is 79.9. The summed E-state index contributed by atoms with van der Waals surface area (Å²) in [5.74, 6) is 0. The smallest absolute Gasteiger partial charge is 0.293 e. The van der Waals surface area contributed by atoms with Crippen molar-refractivity contribution < 1.29 is 9.53 Å². The first-order valence-electron chi connectivity index (χ1n) is 7.55. The number of halogens is 1. The molecule has 3 nitrogen and oxygen atoms in total. The van der Waals surface area contributed by atoms with Crippen LogP contribution >= 0.6 is 15.9 Å². The molecule has 0 spiro atoms. The molecule has 1 fully saturated rings. The van der Waals surface area contributed by atoms with Gasteiger partial charge in [-0.15, -0.1) is 0 Å². The molecule has 22 heavy (non-hydrogen) atoms. The van der Waals surface area contributed by atoms with Gasteiger partial charge in [0.25, 0.3) is 6.47 Å². The van der Waals surface area contributed by atoms with Crippen LogP contribution in [-0.2, 0) is 9.53 Å². The van der Waals surface area contributed by atoms with Crippen LogP contribution in [-0.4, -0.2) is 37.1 Å². The molecule has 0 aromatic heterocycles. The van der Waals surface area contributed by atoms with E-state index in [4.69, 9.17) is 0 Å². The summed E-state index contributed by atoms with van der Waals surface area (Å²) in [5, 5.41) is 0. The Morgan fingerprint density at radius 1 is 1.14 bits per heavy atom. The first kappa shape index (κ1) is 18.9. The number of carbonyl (C=O) groups is 1. The van der Waals surface area contributed by atoms with Crippen molar-refractivity contribution in [1.82, 2.24) is 4.90 Å². The van der Waals surface area contributed by atoms with Crippen LogP contribution in [0, 0.1) is 0 Å². The number of piperidine rings is 1. The van der Waals surface area contributed by atoms with E-state index >= 15 is 0 Å². The van der Waals surface area contributed by atoms with Crippen molar-refractivity contribution in [3.63, 3.8) is 0 Å². The molecule has 0 aliphatic carbocycles. The van der Waals surface area contributed by atoms with Crippen LogP contribution in [0.5, 0.6) is 0 Å². The van der Waals surface area contributed by atoms with E-state index in [0.29, 0.717) is 6.47 Å². The number of benzene rings is 1. The molecule has 0 radical (unpaired) electrons. The summed E-state index contributed by atoms with van der Waals surface area (Å²) in [4.78, 5) is 12.0. The van der Waals surface area contributed by atoms with Gasteiger partial charge in [0.15, 0.2) is 0 Å². The predicted molar refractivity (Wildman–Crippen MR) is 95.8 cm³/mol. The molecule has 1 aromatic rings. The summed E-state index contributed by atoms with van der Waals surface area (Å²) in [7, 11) is 2.19. The molecule has 4 heteroatoms. The van der Waals surface area contributed by atoms with Gasteiger partial charge in [0, 0.05) is 17.6 Å². The van der Waals surface area contributed by atoms with Crippen molar-refractivity contribution in [2.24, 2.45) is 0 Å². The Balaban J connectivity index is 0.000000295. The zero-order valence-electron chi connectivity index (χ0n) is 13.9. The molecule has 0 unspecified atom stereocenters. The molecular weight excluding hydrogens is 342 g/mol. The fourth-order valence-corrected chi connectivity index (χ4v) is 2.25. The molecule has 1 heterocycles. The molecule has 0 amide bonds. The predicted octanol–water partition coefficient (Wildman–Crippen LogP) is 4.52. The molecule has 1 saturated heterocycles. The first-order valence-corrected chi connectivity index (χ1v) is 8.34. The summed E-state index contributed by atoms with van der Waals surface area (Å²) in [6.45, 7) is 8.31. The van der Waals surface area contributed by atoms with Gasteiger partial charge < -0.3 is 9.64 Å². The maximum absolute atomic E-state index is 9.60. The van der Waals surface area contributed by atoms with Gasteiger partial charge in [-0.1, -0.05) is 39.7 Å². The zero-order valence-corrected chi connectivity index (χ0v) is 15.5. The molecular formula is C18H26BrNO2. The van der Waals surface area contributed by atoms with Crippen molar-refractivity contribution in [2.75, 3.05) is 20.1 Å². The third-order valence-electron chi connectivity index (χ3n) is 3.27. The highest BCUT2D eigenvalue weighted by Crippen LogP contribution is 2.19. The normalized spacial score (nSPS) is 15.6. The van der Waals surface area contributed by atoms with Crippen LogP contribution in [0.1, 0.15) is 39.2 Å². The van der Waals surface area contributed by atoms with Crippen LogP contribution in [0.4, 0.5) is 0 Å². The number of hydrogen-bond donors (Lipinski definition) is 0. The lowest BCUT2D eigenvalue weighted by Crippen LogP contribution is -2.26. The topological polar surface area (TPSA) is 29.5 Å². The second-order valence-electron chi connectivity index (χ2n) is 6.48. The molecule has 0 saturated carbocycles. The summed E-state index contributed by atoms with van der Waals surface area (Å²) >= 11 is 3.45. The Bertz CT molecular complexity index is 479. The van der Waals surface area contributed by atoms with Gasteiger partial charge in [0.1, 0.15) is 5.60 Å². The number of carbonyl (C=O) groups excluding carboxylic acids is 1. The molecule has 0 bridgehead atoms. The van der Waals surface area contributed by atoms with E-state index in [-0.39, 0.29) is 5.60 Å². The minimum atomic E-state index is -0.318. The molecule has 1 aliphatic heterocycles. The van der Waals surface area contributed by atoms with Gasteiger partial charge >= 0.3 is 0 Å². The quantitative estimate of drug-likeness (QED) is 0.719. The molecule has 1 aliphatic rings. The highest BCUT2D eigenvalue weighted by Gasteiger charge is 2.09. The first-order chi connectivity index (χ1) is 10.3. The van der Waals surface area contributed by atoms with Crippen molar-refractivity contribution >= 4 is 28.5 Å². The van der Waals surface area contributed by atoms with Gasteiger partial charge in [-0.3, -0.25) is 4.79 Å². The number of ether oxygens (including phenoxy) is 1. The van der Waals surface area contributed by atoms with Gasteiger partial charge in [-0.2, -0.15) is 0 Å². The van der Waals surface area contributed by atoms with Gasteiger partial charge in [0.05, 0.1) is 0 Å². The van der Waals surface area contributed by atoms with Crippen molar-refractivity contribution in [2.45, 2.75) is 39.2 Å². The average Bonchev–Trinajstić information content (AvgIpc) is 2.43. The van der Waals surface area contributed by atoms with Gasteiger partial charge in [-0.05, 0) is 58.4 Å². The minimum absolute atomic E-state index is 0.318. The van der Waals surface area contributed by atoms with E-state index in [2.05, 4.69) is 63.0 Å². The van der Waals surface area contributed by atoms with Crippen LogP contribution in [0.15, 0.2) is 34.3 Å². The van der Waals surface area contributed by atoms with Crippen molar-refractivity contribution in [3.8, 4) is 0 Å². The lowest BCUT2D eigenvalue weighted by atomic mass is 10.0.